The van der Waals surface area contributed by atoms with Gasteiger partial charge < -0.3 is 5.32 Å². The molecular formula is C20H19N3O3S2. The minimum absolute atomic E-state index is 0.135. The van der Waals surface area contributed by atoms with Gasteiger partial charge >= 0.3 is 0 Å². The molecule has 0 fully saturated rings. The standard InChI is InChI=1S/C20H19N3O3S2/c1-2-12-22-28(25,26)14-15-8-10-17(11-9-15)23-19(24)18-13-21-20(27-18)16-6-4-3-5-7-16/h2-11,13,22H,1,12,14H2,(H,23,24). The zero-order valence-electron chi connectivity index (χ0n) is 15.0. The molecule has 0 atom stereocenters. The van der Waals surface area contributed by atoms with Crippen LogP contribution >= 0.6 is 11.3 Å². The summed E-state index contributed by atoms with van der Waals surface area (Å²) in [6.07, 6.45) is 3.04. The van der Waals surface area contributed by atoms with Crippen LogP contribution in [-0.2, 0) is 15.8 Å². The summed E-state index contributed by atoms with van der Waals surface area (Å²) in [6.45, 7) is 3.67. The van der Waals surface area contributed by atoms with E-state index in [-0.39, 0.29) is 18.2 Å². The second kappa shape index (κ2) is 8.92. The normalized spacial score (nSPS) is 11.1. The van der Waals surface area contributed by atoms with Crippen LogP contribution < -0.4 is 10.0 Å². The third-order valence-electron chi connectivity index (χ3n) is 3.77. The first-order valence-corrected chi connectivity index (χ1v) is 10.9. The van der Waals surface area contributed by atoms with Gasteiger partial charge in [-0.15, -0.1) is 17.9 Å². The SMILES string of the molecule is C=CCNS(=O)(=O)Cc1ccc(NC(=O)c2cnc(-c3ccccc3)s2)cc1. The first kappa shape index (κ1) is 19.9. The van der Waals surface area contributed by atoms with Gasteiger partial charge in [0, 0.05) is 17.8 Å². The van der Waals surface area contributed by atoms with Crippen molar-refractivity contribution in [2.45, 2.75) is 5.75 Å². The minimum atomic E-state index is -3.41. The lowest BCUT2D eigenvalue weighted by molar-refractivity contribution is 0.103. The number of rotatable bonds is 8. The molecule has 1 amide bonds. The molecule has 8 heteroatoms. The summed E-state index contributed by atoms with van der Waals surface area (Å²) in [5.74, 6) is -0.391. The Morgan fingerprint density at radius 3 is 2.50 bits per heavy atom. The first-order valence-electron chi connectivity index (χ1n) is 8.46. The zero-order valence-corrected chi connectivity index (χ0v) is 16.6. The van der Waals surface area contributed by atoms with Crippen molar-refractivity contribution in [2.24, 2.45) is 0 Å². The van der Waals surface area contributed by atoms with Crippen molar-refractivity contribution >= 4 is 33.0 Å². The van der Waals surface area contributed by atoms with E-state index in [2.05, 4.69) is 21.6 Å². The lowest BCUT2D eigenvalue weighted by atomic mass is 10.2. The zero-order chi connectivity index (χ0) is 20.0. The molecule has 1 aromatic heterocycles. The molecule has 0 aliphatic rings. The van der Waals surface area contributed by atoms with Gasteiger partial charge in [0.25, 0.3) is 5.91 Å². The quantitative estimate of drug-likeness (QED) is 0.552. The molecule has 1 heterocycles. The van der Waals surface area contributed by atoms with Gasteiger partial charge in [0.15, 0.2) is 0 Å². The number of nitrogens with zero attached hydrogens (tertiary/aromatic N) is 1. The summed E-state index contributed by atoms with van der Waals surface area (Å²) >= 11 is 1.31. The van der Waals surface area contributed by atoms with E-state index in [4.69, 9.17) is 0 Å². The fourth-order valence-corrected chi connectivity index (χ4v) is 4.35. The Labute approximate surface area is 168 Å². The van der Waals surface area contributed by atoms with Gasteiger partial charge in [-0.3, -0.25) is 4.79 Å². The number of carbonyl (C=O) groups excluding carboxylic acids is 1. The monoisotopic (exact) mass is 413 g/mol. The molecule has 0 aliphatic heterocycles. The Kier molecular flexibility index (Phi) is 6.35. The van der Waals surface area contributed by atoms with Crippen LogP contribution in [0.15, 0.2) is 73.4 Å². The number of amides is 1. The number of sulfonamides is 1. The molecule has 2 N–H and O–H groups in total. The van der Waals surface area contributed by atoms with Gasteiger partial charge in [-0.05, 0) is 17.7 Å². The highest BCUT2D eigenvalue weighted by Crippen LogP contribution is 2.25. The van der Waals surface area contributed by atoms with E-state index >= 15 is 0 Å². The van der Waals surface area contributed by atoms with Crippen molar-refractivity contribution in [2.75, 3.05) is 11.9 Å². The predicted molar refractivity (Wildman–Crippen MR) is 113 cm³/mol. The van der Waals surface area contributed by atoms with E-state index in [1.165, 1.54) is 17.4 Å². The molecule has 2 aromatic carbocycles. The molecule has 28 heavy (non-hydrogen) atoms. The molecule has 3 rings (SSSR count). The van der Waals surface area contributed by atoms with Crippen molar-refractivity contribution in [1.82, 2.24) is 9.71 Å². The van der Waals surface area contributed by atoms with Crippen LogP contribution in [0.5, 0.6) is 0 Å². The smallest absolute Gasteiger partial charge is 0.267 e. The summed E-state index contributed by atoms with van der Waals surface area (Å²) in [5, 5.41) is 3.58. The summed E-state index contributed by atoms with van der Waals surface area (Å²) in [7, 11) is -3.41. The van der Waals surface area contributed by atoms with Crippen LogP contribution in [0.25, 0.3) is 10.6 Å². The largest absolute Gasteiger partial charge is 0.321 e. The lowest BCUT2D eigenvalue weighted by Gasteiger charge is -2.07. The Balaban J connectivity index is 1.63. The number of hydrogen-bond acceptors (Lipinski definition) is 5. The average molecular weight is 414 g/mol. The van der Waals surface area contributed by atoms with Gasteiger partial charge in [-0.1, -0.05) is 48.5 Å². The topological polar surface area (TPSA) is 88.2 Å². The summed E-state index contributed by atoms with van der Waals surface area (Å²) in [4.78, 5) is 17.2. The first-order chi connectivity index (χ1) is 13.5. The third kappa shape index (κ3) is 5.35. The summed E-state index contributed by atoms with van der Waals surface area (Å²) < 4.78 is 26.2. The van der Waals surface area contributed by atoms with Crippen molar-refractivity contribution in [3.63, 3.8) is 0 Å². The minimum Gasteiger partial charge on any atom is -0.321 e. The van der Waals surface area contributed by atoms with E-state index in [9.17, 15) is 13.2 Å². The number of hydrogen-bond donors (Lipinski definition) is 2. The van der Waals surface area contributed by atoms with Crippen molar-refractivity contribution in [3.05, 3.63) is 83.9 Å². The number of carbonyl (C=O) groups is 1. The highest BCUT2D eigenvalue weighted by molar-refractivity contribution is 7.88. The predicted octanol–water partition coefficient (Wildman–Crippen LogP) is 3.67. The van der Waals surface area contributed by atoms with Gasteiger partial charge in [-0.25, -0.2) is 18.1 Å². The van der Waals surface area contributed by atoms with Crippen LogP contribution in [0.3, 0.4) is 0 Å². The maximum Gasteiger partial charge on any atom is 0.267 e. The molecule has 144 valence electrons. The highest BCUT2D eigenvalue weighted by Gasteiger charge is 2.13. The van der Waals surface area contributed by atoms with Crippen molar-refractivity contribution in [3.8, 4) is 10.6 Å². The maximum atomic E-state index is 12.4. The Hall–Kier alpha value is -2.81. The maximum absolute atomic E-state index is 12.4. The third-order valence-corrected chi connectivity index (χ3v) is 6.13. The van der Waals surface area contributed by atoms with E-state index in [0.29, 0.717) is 16.1 Å². The molecule has 0 aliphatic carbocycles. The van der Waals surface area contributed by atoms with E-state index in [1.54, 1.807) is 30.5 Å². The van der Waals surface area contributed by atoms with Crippen LogP contribution in [0.2, 0.25) is 0 Å². The van der Waals surface area contributed by atoms with Crippen LogP contribution in [0.1, 0.15) is 15.2 Å². The second-order valence-corrected chi connectivity index (χ2v) is 8.78. The van der Waals surface area contributed by atoms with E-state index in [0.717, 1.165) is 10.6 Å². The molecule has 0 bridgehead atoms. The molecule has 0 saturated carbocycles. The highest BCUT2D eigenvalue weighted by atomic mass is 32.2. The Bertz CT molecular complexity index is 1060. The molecule has 0 radical (unpaired) electrons. The number of aromatic nitrogens is 1. The number of thiazole rings is 1. The second-order valence-electron chi connectivity index (χ2n) is 5.94. The van der Waals surface area contributed by atoms with Crippen molar-refractivity contribution in [1.29, 1.82) is 0 Å². The Morgan fingerprint density at radius 1 is 1.11 bits per heavy atom. The molecule has 3 aromatic rings. The molecule has 6 nitrogen and oxygen atoms in total. The van der Waals surface area contributed by atoms with Gasteiger partial charge in [0.2, 0.25) is 10.0 Å². The van der Waals surface area contributed by atoms with Crippen LogP contribution in [-0.4, -0.2) is 25.9 Å². The van der Waals surface area contributed by atoms with Gasteiger partial charge in [0.05, 0.1) is 11.9 Å². The van der Waals surface area contributed by atoms with E-state index < -0.39 is 10.0 Å². The molecule has 0 saturated heterocycles. The van der Waals surface area contributed by atoms with E-state index in [1.807, 2.05) is 30.3 Å². The Morgan fingerprint density at radius 2 is 1.82 bits per heavy atom. The lowest BCUT2D eigenvalue weighted by Crippen LogP contribution is -2.25. The summed E-state index contributed by atoms with van der Waals surface area (Å²) in [6, 6.07) is 16.3. The van der Waals surface area contributed by atoms with Crippen molar-refractivity contribution < 1.29 is 13.2 Å². The number of benzene rings is 2. The molecule has 0 unspecified atom stereocenters. The fourth-order valence-electron chi connectivity index (χ4n) is 2.43. The summed E-state index contributed by atoms with van der Waals surface area (Å²) in [5.41, 5.74) is 2.17. The molecule has 0 spiro atoms. The van der Waals surface area contributed by atoms with Crippen LogP contribution in [0, 0.1) is 0 Å². The molecular weight excluding hydrogens is 394 g/mol. The van der Waals surface area contributed by atoms with Crippen LogP contribution in [0.4, 0.5) is 5.69 Å². The van der Waals surface area contributed by atoms with Gasteiger partial charge in [-0.2, -0.15) is 0 Å². The fraction of sp³-hybridized carbons (Fsp3) is 0.100. The average Bonchev–Trinajstić information content (AvgIpc) is 3.19. The number of anilines is 1. The number of nitrogens with one attached hydrogen (secondary N) is 2. The van der Waals surface area contributed by atoms with Gasteiger partial charge in [0.1, 0.15) is 9.88 Å².